The SMILES string of the molecule is COc1ccccc1[C@H]1CN(C)C2(C(=O)Nc3ccc(Br)cc32)[C@H]1C(=O)c1ccc(O)c(O)c1. The molecule has 5 rings (SSSR count). The van der Waals surface area contributed by atoms with Crippen molar-refractivity contribution in [2.75, 3.05) is 26.0 Å². The highest BCUT2D eigenvalue weighted by atomic mass is 79.9. The Hall–Kier alpha value is -3.36. The minimum absolute atomic E-state index is 0.214. The van der Waals surface area contributed by atoms with Crippen LogP contribution in [0.5, 0.6) is 17.2 Å². The maximum Gasteiger partial charge on any atom is 0.250 e. The lowest BCUT2D eigenvalue weighted by Crippen LogP contribution is -2.51. The van der Waals surface area contributed by atoms with Gasteiger partial charge >= 0.3 is 0 Å². The molecule has 8 heteroatoms. The van der Waals surface area contributed by atoms with Crippen molar-refractivity contribution in [2.45, 2.75) is 11.5 Å². The lowest BCUT2D eigenvalue weighted by Gasteiger charge is -2.35. The molecule has 0 aliphatic carbocycles. The average Bonchev–Trinajstić information content (AvgIpc) is 3.29. The van der Waals surface area contributed by atoms with Crippen molar-refractivity contribution in [3.63, 3.8) is 0 Å². The summed E-state index contributed by atoms with van der Waals surface area (Å²) >= 11 is 3.51. The first-order valence-electron chi connectivity index (χ1n) is 10.8. The summed E-state index contributed by atoms with van der Waals surface area (Å²) in [6.07, 6.45) is 0. The van der Waals surface area contributed by atoms with Gasteiger partial charge in [0.25, 0.3) is 0 Å². The second-order valence-electron chi connectivity index (χ2n) is 8.68. The third-order valence-electron chi connectivity index (χ3n) is 6.99. The summed E-state index contributed by atoms with van der Waals surface area (Å²) in [5, 5.41) is 22.8. The van der Waals surface area contributed by atoms with Gasteiger partial charge in [0.05, 0.1) is 13.0 Å². The first kappa shape index (κ1) is 22.4. The predicted octanol–water partition coefficient (Wildman–Crippen LogP) is 4.24. The number of nitrogens with one attached hydrogen (secondary N) is 1. The maximum atomic E-state index is 14.2. The minimum atomic E-state index is -1.27. The molecule has 0 aromatic heterocycles. The summed E-state index contributed by atoms with van der Waals surface area (Å²) < 4.78 is 6.41. The Bertz CT molecular complexity index is 1330. The van der Waals surface area contributed by atoms with E-state index in [2.05, 4.69) is 21.2 Å². The number of Topliss-reactive ketones (excluding diaryl/α,β-unsaturated/α-hetero) is 1. The maximum absolute atomic E-state index is 14.2. The standard InChI is InChI=1S/C26H23BrN2O5/c1-29-13-17(16-5-3-4-6-22(16)34-2)23(24(32)14-7-10-20(30)21(31)11-14)26(29)18-12-15(27)8-9-19(18)28-25(26)33/h3-12,17,23,30-31H,13H2,1-2H3,(H,28,33)/t17-,23-,26?/m1/s1. The van der Waals surface area contributed by atoms with E-state index < -0.39 is 11.5 Å². The molecule has 174 valence electrons. The normalized spacial score (nSPS) is 23.7. The van der Waals surface area contributed by atoms with Crippen molar-refractivity contribution in [1.29, 1.82) is 0 Å². The third kappa shape index (κ3) is 3.13. The quantitative estimate of drug-likeness (QED) is 0.350. The number of likely N-dealkylation sites (N-methyl/N-ethyl adjacent to an activating group) is 1. The molecule has 1 saturated heterocycles. The van der Waals surface area contributed by atoms with Crippen LogP contribution in [0.1, 0.15) is 27.4 Å². The monoisotopic (exact) mass is 522 g/mol. The molecule has 2 aliphatic rings. The molecule has 3 N–H and O–H groups in total. The number of hydrogen-bond donors (Lipinski definition) is 3. The molecule has 2 heterocycles. The molecule has 3 atom stereocenters. The number of rotatable bonds is 4. The van der Waals surface area contributed by atoms with Crippen LogP contribution in [-0.2, 0) is 10.3 Å². The van der Waals surface area contributed by atoms with E-state index in [0.29, 0.717) is 23.5 Å². The lowest BCUT2D eigenvalue weighted by atomic mass is 9.70. The van der Waals surface area contributed by atoms with Crippen molar-refractivity contribution in [3.8, 4) is 17.2 Å². The number of para-hydroxylation sites is 1. The molecule has 1 fully saturated rings. The van der Waals surface area contributed by atoms with Crippen LogP contribution in [0.3, 0.4) is 0 Å². The molecular formula is C26H23BrN2O5. The average molecular weight is 523 g/mol. The van der Waals surface area contributed by atoms with Crippen molar-refractivity contribution < 1.29 is 24.5 Å². The number of phenolic OH excluding ortho intramolecular Hbond substituents is 2. The zero-order valence-electron chi connectivity index (χ0n) is 18.6. The number of carbonyl (C=O) groups excluding carboxylic acids is 2. The Kier molecular flexibility index (Phi) is 5.37. The van der Waals surface area contributed by atoms with E-state index in [-0.39, 0.29) is 34.7 Å². The highest BCUT2D eigenvalue weighted by molar-refractivity contribution is 9.10. The van der Waals surface area contributed by atoms with Crippen LogP contribution in [0.25, 0.3) is 0 Å². The van der Waals surface area contributed by atoms with Gasteiger partial charge in [-0.15, -0.1) is 0 Å². The van der Waals surface area contributed by atoms with E-state index in [9.17, 15) is 19.8 Å². The van der Waals surface area contributed by atoms with E-state index in [1.54, 1.807) is 7.11 Å². The number of aromatic hydroxyl groups is 2. The number of benzene rings is 3. The Morgan fingerprint density at radius 3 is 2.62 bits per heavy atom. The number of ether oxygens (including phenoxy) is 1. The van der Waals surface area contributed by atoms with E-state index >= 15 is 0 Å². The Morgan fingerprint density at radius 1 is 1.12 bits per heavy atom. The Morgan fingerprint density at radius 2 is 1.88 bits per heavy atom. The number of phenols is 2. The molecule has 7 nitrogen and oxygen atoms in total. The number of carbonyl (C=O) groups is 2. The van der Waals surface area contributed by atoms with Crippen LogP contribution in [0, 0.1) is 5.92 Å². The summed E-state index contributed by atoms with van der Waals surface area (Å²) in [6, 6.07) is 17.1. The lowest BCUT2D eigenvalue weighted by molar-refractivity contribution is -0.126. The zero-order chi connectivity index (χ0) is 24.2. The second-order valence-corrected chi connectivity index (χ2v) is 9.60. The molecular weight excluding hydrogens is 500 g/mol. The Balaban J connectivity index is 1.76. The number of likely N-dealkylation sites (tertiary alicyclic amines) is 1. The number of fused-ring (bicyclic) bond motifs is 2. The van der Waals surface area contributed by atoms with Gasteiger partial charge in [-0.05, 0) is 55.1 Å². The summed E-state index contributed by atoms with van der Waals surface area (Å²) in [5.41, 5.74) is 1.15. The van der Waals surface area contributed by atoms with Crippen LogP contribution in [-0.4, -0.2) is 47.5 Å². The van der Waals surface area contributed by atoms with Crippen molar-refractivity contribution in [2.24, 2.45) is 5.92 Å². The van der Waals surface area contributed by atoms with Gasteiger partial charge in [0.2, 0.25) is 5.91 Å². The fourth-order valence-electron chi connectivity index (χ4n) is 5.52. The van der Waals surface area contributed by atoms with Crippen LogP contribution >= 0.6 is 15.9 Å². The van der Waals surface area contributed by atoms with Gasteiger partial charge in [-0.25, -0.2) is 0 Å². The van der Waals surface area contributed by atoms with E-state index in [1.807, 2.05) is 54.4 Å². The fraction of sp³-hybridized carbons (Fsp3) is 0.231. The molecule has 0 radical (unpaired) electrons. The van der Waals surface area contributed by atoms with Crippen molar-refractivity contribution in [3.05, 3.63) is 81.8 Å². The summed E-state index contributed by atoms with van der Waals surface area (Å²) in [6.45, 7) is 0.431. The van der Waals surface area contributed by atoms with Crippen molar-refractivity contribution in [1.82, 2.24) is 4.90 Å². The highest BCUT2D eigenvalue weighted by Gasteiger charge is 2.64. The smallest absolute Gasteiger partial charge is 0.250 e. The number of anilines is 1. The van der Waals surface area contributed by atoms with Gasteiger partial charge in [0.1, 0.15) is 11.3 Å². The largest absolute Gasteiger partial charge is 0.504 e. The van der Waals surface area contributed by atoms with E-state index in [1.165, 1.54) is 18.2 Å². The second kappa shape index (κ2) is 8.14. The topological polar surface area (TPSA) is 99.1 Å². The Labute approximate surface area is 205 Å². The van der Waals surface area contributed by atoms with Crippen LogP contribution in [0.15, 0.2) is 65.1 Å². The van der Waals surface area contributed by atoms with Crippen LogP contribution < -0.4 is 10.1 Å². The first-order chi connectivity index (χ1) is 16.3. The number of ketones is 1. The van der Waals surface area contributed by atoms with Gasteiger partial charge in [-0.3, -0.25) is 14.5 Å². The van der Waals surface area contributed by atoms with E-state index in [4.69, 9.17) is 4.74 Å². The molecule has 2 aliphatic heterocycles. The van der Waals surface area contributed by atoms with Gasteiger partial charge in [-0.1, -0.05) is 34.1 Å². The molecule has 0 saturated carbocycles. The van der Waals surface area contributed by atoms with Gasteiger partial charge in [0.15, 0.2) is 17.3 Å². The third-order valence-corrected chi connectivity index (χ3v) is 7.49. The number of methoxy groups -OCH3 is 1. The predicted molar refractivity (Wildman–Crippen MR) is 130 cm³/mol. The zero-order valence-corrected chi connectivity index (χ0v) is 20.2. The number of nitrogens with zero attached hydrogens (tertiary/aromatic N) is 1. The minimum Gasteiger partial charge on any atom is -0.504 e. The van der Waals surface area contributed by atoms with Gasteiger partial charge < -0.3 is 20.3 Å². The summed E-state index contributed by atoms with van der Waals surface area (Å²) in [4.78, 5) is 29.9. The fourth-order valence-corrected chi connectivity index (χ4v) is 5.88. The number of hydrogen-bond acceptors (Lipinski definition) is 6. The van der Waals surface area contributed by atoms with E-state index in [0.717, 1.165) is 10.0 Å². The molecule has 3 aromatic carbocycles. The summed E-state index contributed by atoms with van der Waals surface area (Å²) in [7, 11) is 3.43. The van der Waals surface area contributed by atoms with Crippen LogP contribution in [0.2, 0.25) is 0 Å². The highest BCUT2D eigenvalue weighted by Crippen LogP contribution is 2.57. The van der Waals surface area contributed by atoms with Gasteiger partial charge in [0, 0.05) is 33.7 Å². The van der Waals surface area contributed by atoms with Crippen LogP contribution in [0.4, 0.5) is 5.69 Å². The molecule has 1 amide bonds. The summed E-state index contributed by atoms with van der Waals surface area (Å²) in [5.74, 6) is -1.85. The molecule has 1 spiro atoms. The molecule has 1 unspecified atom stereocenters. The number of halogens is 1. The first-order valence-corrected chi connectivity index (χ1v) is 11.6. The molecule has 3 aromatic rings. The van der Waals surface area contributed by atoms with Crippen molar-refractivity contribution >= 4 is 33.3 Å². The number of amides is 1. The van der Waals surface area contributed by atoms with Gasteiger partial charge in [-0.2, -0.15) is 0 Å². The molecule has 0 bridgehead atoms. The molecule has 34 heavy (non-hydrogen) atoms.